The number of hydrogen-bond donors (Lipinski definition) is 3. The molecule has 2 aliphatic rings. The molecule has 3 N–H and O–H groups in total. The van der Waals surface area contributed by atoms with Crippen LogP contribution < -0.4 is 15.4 Å². The van der Waals surface area contributed by atoms with E-state index in [-0.39, 0.29) is 17.2 Å². The maximum Gasteiger partial charge on any atom is 0.277 e. The Morgan fingerprint density at radius 3 is 2.45 bits per heavy atom. The number of piperazine rings is 1. The van der Waals surface area contributed by atoms with Gasteiger partial charge < -0.3 is 19.7 Å². The number of H-pyrrole nitrogens is 1. The Kier molecular flexibility index (Phi) is 5.80. The third-order valence-electron chi connectivity index (χ3n) is 6.11. The van der Waals surface area contributed by atoms with Crippen molar-refractivity contribution in [3.05, 3.63) is 26.6 Å². The van der Waals surface area contributed by atoms with Gasteiger partial charge in [-0.2, -0.15) is 0 Å². The summed E-state index contributed by atoms with van der Waals surface area (Å²) < 4.78 is 0. The molecule has 0 atom stereocenters. The van der Waals surface area contributed by atoms with E-state index in [0.29, 0.717) is 34.0 Å². The molecule has 2 aromatic rings. The molecule has 8 nitrogen and oxygen atoms in total. The highest BCUT2D eigenvalue weighted by Crippen LogP contribution is 2.27. The minimum Gasteiger partial charge on any atom is -0.338 e. The van der Waals surface area contributed by atoms with Crippen molar-refractivity contribution < 1.29 is 19.4 Å². The van der Waals surface area contributed by atoms with Gasteiger partial charge in [0.2, 0.25) is 0 Å². The quantitative estimate of drug-likeness (QED) is 0.509. The Hall–Kier alpha value is -2.10. The van der Waals surface area contributed by atoms with Crippen molar-refractivity contribution in [1.82, 2.24) is 14.9 Å². The van der Waals surface area contributed by atoms with Crippen LogP contribution in [0.1, 0.15) is 40.8 Å². The number of carbonyl (C=O) groups is 2. The lowest BCUT2D eigenvalue weighted by atomic mass is 10.2. The lowest BCUT2D eigenvalue weighted by molar-refractivity contribution is -1.02. The number of ketones is 1. The van der Waals surface area contributed by atoms with Crippen LogP contribution in [-0.4, -0.2) is 72.4 Å². The van der Waals surface area contributed by atoms with Crippen LogP contribution in [0.2, 0.25) is 0 Å². The van der Waals surface area contributed by atoms with Crippen molar-refractivity contribution in [2.24, 2.45) is 0 Å². The molecular formula is C20H29N5O3S+2. The Morgan fingerprint density at radius 1 is 1.14 bits per heavy atom. The largest absolute Gasteiger partial charge is 0.338 e. The number of Topliss-reactive ketones (excluding diaryl/α,β-unsaturated/α-hetero) is 1. The van der Waals surface area contributed by atoms with E-state index < -0.39 is 0 Å². The van der Waals surface area contributed by atoms with Crippen molar-refractivity contribution >= 4 is 33.2 Å². The van der Waals surface area contributed by atoms with Gasteiger partial charge in [-0.3, -0.25) is 14.4 Å². The van der Waals surface area contributed by atoms with E-state index in [1.165, 1.54) is 28.1 Å². The number of fused-ring (bicyclic) bond motifs is 1. The summed E-state index contributed by atoms with van der Waals surface area (Å²) >= 11 is 1.31. The molecule has 2 aliphatic heterocycles. The normalized spacial score (nSPS) is 22.3. The molecule has 4 heterocycles. The molecule has 2 aromatic heterocycles. The minimum atomic E-state index is -0.161. The van der Waals surface area contributed by atoms with Gasteiger partial charge in [-0.15, -0.1) is 11.3 Å². The average molecular weight is 420 g/mol. The molecule has 9 heteroatoms. The molecular weight excluding hydrogens is 390 g/mol. The zero-order valence-electron chi connectivity index (χ0n) is 17.1. The van der Waals surface area contributed by atoms with Crippen LogP contribution in [-0.2, 0) is 11.3 Å². The predicted molar refractivity (Wildman–Crippen MR) is 111 cm³/mol. The van der Waals surface area contributed by atoms with Crippen LogP contribution >= 0.6 is 11.3 Å². The Morgan fingerprint density at radius 2 is 1.79 bits per heavy atom. The van der Waals surface area contributed by atoms with Crippen LogP contribution in [0.15, 0.2) is 4.79 Å². The van der Waals surface area contributed by atoms with Crippen molar-refractivity contribution in [3.63, 3.8) is 0 Å². The lowest BCUT2D eigenvalue weighted by Crippen LogP contribution is -3.28. The maximum absolute atomic E-state index is 12.5. The third kappa shape index (κ3) is 4.26. The monoisotopic (exact) mass is 419 g/mol. The van der Waals surface area contributed by atoms with Gasteiger partial charge in [0.1, 0.15) is 37.6 Å². The van der Waals surface area contributed by atoms with Gasteiger partial charge in [0.05, 0.1) is 10.3 Å². The third-order valence-corrected chi connectivity index (χ3v) is 7.40. The number of quaternary nitrogens is 2. The van der Waals surface area contributed by atoms with Gasteiger partial charge in [-0.25, -0.2) is 4.98 Å². The van der Waals surface area contributed by atoms with Gasteiger partial charge >= 0.3 is 0 Å². The van der Waals surface area contributed by atoms with Crippen LogP contribution in [0.5, 0.6) is 0 Å². The summed E-state index contributed by atoms with van der Waals surface area (Å²) in [7, 11) is 0. The molecule has 29 heavy (non-hydrogen) atoms. The molecule has 0 bridgehead atoms. The summed E-state index contributed by atoms with van der Waals surface area (Å²) in [6, 6.07) is 0. The second-order valence-electron chi connectivity index (χ2n) is 8.25. The first-order chi connectivity index (χ1) is 13.9. The number of nitrogens with zero attached hydrogens (tertiary/aromatic N) is 2. The summed E-state index contributed by atoms with van der Waals surface area (Å²) in [6.07, 6.45) is 2.26. The number of aryl methyl sites for hydroxylation is 1. The predicted octanol–water partition coefficient (Wildman–Crippen LogP) is -1.60. The fourth-order valence-corrected chi connectivity index (χ4v) is 5.54. The number of carbonyl (C=O) groups excluding carboxylic acids is 2. The van der Waals surface area contributed by atoms with E-state index in [9.17, 15) is 14.4 Å². The fourth-order valence-electron chi connectivity index (χ4n) is 4.45. The number of thiophene rings is 1. The van der Waals surface area contributed by atoms with E-state index in [1.807, 2.05) is 11.8 Å². The van der Waals surface area contributed by atoms with E-state index in [1.54, 1.807) is 0 Å². The van der Waals surface area contributed by atoms with Gasteiger partial charge in [0.15, 0.2) is 18.2 Å². The molecule has 4 rings (SSSR count). The topological polar surface area (TPSA) is 92.0 Å². The molecule has 0 radical (unpaired) electrons. The highest BCUT2D eigenvalue weighted by molar-refractivity contribution is 7.20. The molecule has 0 unspecified atom stereocenters. The van der Waals surface area contributed by atoms with Crippen LogP contribution in [0, 0.1) is 6.92 Å². The number of nitrogens with one attached hydrogen (secondary N) is 3. The summed E-state index contributed by atoms with van der Waals surface area (Å²) in [4.78, 5) is 50.2. The van der Waals surface area contributed by atoms with Gasteiger partial charge in [0, 0.05) is 13.1 Å². The number of aromatic nitrogens is 2. The number of rotatable bonds is 5. The van der Waals surface area contributed by atoms with Crippen LogP contribution in [0.3, 0.4) is 0 Å². The molecule has 0 aromatic carbocycles. The summed E-state index contributed by atoms with van der Waals surface area (Å²) in [5, 5.41) is 0.536. The van der Waals surface area contributed by atoms with Crippen LogP contribution in [0.25, 0.3) is 10.2 Å². The molecule has 1 amide bonds. The molecule has 0 aliphatic carbocycles. The molecule has 2 saturated heterocycles. The van der Waals surface area contributed by atoms with Gasteiger partial charge in [-0.1, -0.05) is 0 Å². The Bertz CT molecular complexity index is 984. The Labute approximate surface area is 173 Å². The highest BCUT2D eigenvalue weighted by atomic mass is 32.1. The molecule has 2 fully saturated rings. The second-order valence-corrected chi connectivity index (χ2v) is 9.25. The maximum atomic E-state index is 12.5. The summed E-state index contributed by atoms with van der Waals surface area (Å²) in [5.41, 5.74) is 0.566. The van der Waals surface area contributed by atoms with Gasteiger partial charge in [0.25, 0.3) is 11.5 Å². The number of aromatic amines is 1. The van der Waals surface area contributed by atoms with Crippen molar-refractivity contribution in [1.29, 1.82) is 0 Å². The number of likely N-dealkylation sites (tertiary alicyclic amines) is 1. The zero-order chi connectivity index (χ0) is 20.5. The van der Waals surface area contributed by atoms with Gasteiger partial charge in [-0.05, 0) is 32.3 Å². The summed E-state index contributed by atoms with van der Waals surface area (Å²) in [6.45, 7) is 10.2. The standard InChI is InChI=1S/C20H27N5O3S/c1-13-17-19(28)21-15(22-20(17)29-18(13)14(2)26)11-23-7-9-24(10-8-23)12-16(27)25-5-3-4-6-25/h3-12H2,1-2H3,(H,21,22,28)/p+2. The first kappa shape index (κ1) is 20.2. The first-order valence-corrected chi connectivity index (χ1v) is 11.2. The minimum absolute atomic E-state index is 0.0281. The fraction of sp³-hybridized carbons (Fsp3) is 0.600. The van der Waals surface area contributed by atoms with E-state index in [2.05, 4.69) is 9.97 Å². The number of amides is 1. The first-order valence-electron chi connectivity index (χ1n) is 10.4. The molecule has 0 saturated carbocycles. The smallest absolute Gasteiger partial charge is 0.277 e. The second kappa shape index (κ2) is 8.33. The van der Waals surface area contributed by atoms with E-state index in [0.717, 1.165) is 57.7 Å². The molecule has 156 valence electrons. The van der Waals surface area contributed by atoms with Crippen molar-refractivity contribution in [3.8, 4) is 0 Å². The highest BCUT2D eigenvalue weighted by Gasteiger charge is 2.28. The Balaban J connectivity index is 1.38. The van der Waals surface area contributed by atoms with Crippen LogP contribution in [0.4, 0.5) is 0 Å². The molecule has 0 spiro atoms. The summed E-state index contributed by atoms with van der Waals surface area (Å²) in [5.74, 6) is 0.928. The zero-order valence-corrected chi connectivity index (χ0v) is 17.9. The SMILES string of the molecule is CC(=O)c1sc2nc(C[NH+]3CC[NH+](CC(=O)N4CCCC4)CC3)[nH]c(=O)c2c1C. The average Bonchev–Trinajstić information content (AvgIpc) is 3.32. The van der Waals surface area contributed by atoms with Crippen molar-refractivity contribution in [2.45, 2.75) is 33.2 Å². The lowest BCUT2D eigenvalue weighted by Gasteiger charge is -2.30. The van der Waals surface area contributed by atoms with E-state index in [4.69, 9.17) is 0 Å². The number of hydrogen-bond acceptors (Lipinski definition) is 5. The van der Waals surface area contributed by atoms with E-state index >= 15 is 0 Å². The van der Waals surface area contributed by atoms with Crippen molar-refractivity contribution in [2.75, 3.05) is 45.8 Å².